The predicted molar refractivity (Wildman–Crippen MR) is 216 cm³/mol. The molecular weight excluding hydrogens is 701 g/mol. The van der Waals surface area contributed by atoms with E-state index >= 15 is 8.42 Å². The second kappa shape index (κ2) is 17.4. The van der Waals surface area contributed by atoms with Crippen LogP contribution in [0.2, 0.25) is 0 Å². The van der Waals surface area contributed by atoms with Crippen LogP contribution in [0.5, 0.6) is 0 Å². The molecule has 53 heavy (non-hydrogen) atoms. The minimum atomic E-state index is -3.99. The lowest BCUT2D eigenvalue weighted by Gasteiger charge is -2.44. The standard InChI is InChI=1S/C43H58N4O4S2/c1-9-46(52(48,49)42-34(5)23-32(3)24-35(42)6)30-40-29-44(27-38-17-13-11-14-18-38)21-22-45(28-39-19-15-12-16-20-39)31-41(40)47(10-2)53(50,51)43-36(7)25-33(4)26-37(43)8/h11-20,23-26,40-41H,9-10,21-22,27-31H2,1-8H3/t40-,41+/m1/s1. The summed E-state index contributed by atoms with van der Waals surface area (Å²) in [6, 6.07) is 27.8. The van der Waals surface area contributed by atoms with Gasteiger partial charge in [0.15, 0.2) is 0 Å². The third kappa shape index (κ3) is 9.47. The van der Waals surface area contributed by atoms with Crippen molar-refractivity contribution in [3.63, 3.8) is 0 Å². The number of rotatable bonds is 13. The summed E-state index contributed by atoms with van der Waals surface area (Å²) in [7, 11) is -7.91. The fraction of sp³-hybridized carbons (Fsp3) is 0.442. The van der Waals surface area contributed by atoms with E-state index in [-0.39, 0.29) is 25.6 Å². The molecule has 2 atom stereocenters. The van der Waals surface area contributed by atoms with Gasteiger partial charge in [0.25, 0.3) is 0 Å². The topological polar surface area (TPSA) is 81.2 Å². The summed E-state index contributed by atoms with van der Waals surface area (Å²) >= 11 is 0. The normalized spacial score (nSPS) is 18.0. The van der Waals surface area contributed by atoms with Crippen LogP contribution in [0.15, 0.2) is 94.7 Å². The Hall–Kier alpha value is -3.38. The van der Waals surface area contributed by atoms with Crippen molar-refractivity contribution >= 4 is 20.0 Å². The highest BCUT2D eigenvalue weighted by Gasteiger charge is 2.41. The summed E-state index contributed by atoms with van der Waals surface area (Å²) in [5, 5.41) is 0. The molecule has 286 valence electrons. The van der Waals surface area contributed by atoms with E-state index in [9.17, 15) is 8.42 Å². The van der Waals surface area contributed by atoms with Crippen LogP contribution >= 0.6 is 0 Å². The Morgan fingerprint density at radius 1 is 0.585 bits per heavy atom. The summed E-state index contributed by atoms with van der Waals surface area (Å²) < 4.78 is 62.7. The smallest absolute Gasteiger partial charge is 0.243 e. The van der Waals surface area contributed by atoms with Crippen LogP contribution in [0.4, 0.5) is 0 Å². The van der Waals surface area contributed by atoms with Crippen LogP contribution in [0.25, 0.3) is 0 Å². The monoisotopic (exact) mass is 758 g/mol. The van der Waals surface area contributed by atoms with Gasteiger partial charge in [-0.2, -0.15) is 8.61 Å². The van der Waals surface area contributed by atoms with Crippen molar-refractivity contribution in [1.82, 2.24) is 18.4 Å². The first-order valence-electron chi connectivity index (χ1n) is 18.9. The van der Waals surface area contributed by atoms with Gasteiger partial charge in [0.2, 0.25) is 20.0 Å². The Kier molecular flexibility index (Phi) is 13.4. The third-order valence-corrected chi connectivity index (χ3v) is 15.1. The molecule has 4 aromatic carbocycles. The molecule has 1 fully saturated rings. The third-order valence-electron chi connectivity index (χ3n) is 10.6. The van der Waals surface area contributed by atoms with Gasteiger partial charge >= 0.3 is 0 Å². The van der Waals surface area contributed by atoms with Crippen molar-refractivity contribution in [1.29, 1.82) is 0 Å². The number of benzene rings is 4. The average Bonchev–Trinajstić information content (AvgIpc) is 3.07. The van der Waals surface area contributed by atoms with Crippen molar-refractivity contribution in [2.45, 2.75) is 84.3 Å². The lowest BCUT2D eigenvalue weighted by atomic mass is 9.95. The zero-order chi connectivity index (χ0) is 38.5. The predicted octanol–water partition coefficient (Wildman–Crippen LogP) is 7.26. The lowest BCUT2D eigenvalue weighted by Crippen LogP contribution is -2.58. The summed E-state index contributed by atoms with van der Waals surface area (Å²) in [5.74, 6) is -0.348. The number of hydrogen-bond donors (Lipinski definition) is 0. The Balaban J connectivity index is 1.66. The molecule has 0 N–H and O–H groups in total. The SMILES string of the molecule is CCN(C[C@H]1CN(Cc2ccccc2)CCN(Cc2ccccc2)C[C@@H]1N(CC)S(=O)(=O)c1c(C)cc(C)cc1C)S(=O)(=O)c1c(C)cc(C)cc1C. The fourth-order valence-corrected chi connectivity index (χ4v) is 12.5. The maximum atomic E-state index is 15.1. The van der Waals surface area contributed by atoms with E-state index in [1.807, 2.05) is 116 Å². The van der Waals surface area contributed by atoms with Gasteiger partial charge in [-0.3, -0.25) is 9.80 Å². The highest BCUT2D eigenvalue weighted by atomic mass is 32.2. The van der Waals surface area contributed by atoms with Gasteiger partial charge in [-0.15, -0.1) is 0 Å². The van der Waals surface area contributed by atoms with E-state index in [1.165, 1.54) is 0 Å². The summed E-state index contributed by atoms with van der Waals surface area (Å²) in [6.07, 6.45) is 0. The van der Waals surface area contributed by atoms with Gasteiger partial charge in [0.1, 0.15) is 0 Å². The Labute approximate surface area is 319 Å². The molecule has 0 amide bonds. The molecule has 5 rings (SSSR count). The van der Waals surface area contributed by atoms with E-state index in [0.717, 1.165) is 57.6 Å². The minimum Gasteiger partial charge on any atom is -0.297 e. The molecule has 1 aliphatic rings. The summed E-state index contributed by atoms with van der Waals surface area (Å²) in [6.45, 7) is 19.7. The molecule has 10 heteroatoms. The number of nitrogens with zero attached hydrogens (tertiary/aromatic N) is 4. The molecule has 4 aromatic rings. The van der Waals surface area contributed by atoms with E-state index in [2.05, 4.69) is 34.1 Å². The van der Waals surface area contributed by atoms with E-state index in [4.69, 9.17) is 0 Å². The molecule has 0 saturated carbocycles. The first-order valence-corrected chi connectivity index (χ1v) is 21.7. The van der Waals surface area contributed by atoms with E-state index < -0.39 is 26.1 Å². The van der Waals surface area contributed by atoms with Crippen LogP contribution in [-0.2, 0) is 33.1 Å². The first kappa shape index (κ1) is 40.8. The van der Waals surface area contributed by atoms with Crippen molar-refractivity contribution in [2.75, 3.05) is 45.8 Å². The van der Waals surface area contributed by atoms with Crippen molar-refractivity contribution in [2.24, 2.45) is 5.92 Å². The van der Waals surface area contributed by atoms with Crippen molar-refractivity contribution in [3.05, 3.63) is 129 Å². The second-order valence-electron chi connectivity index (χ2n) is 14.9. The zero-order valence-corrected chi connectivity index (χ0v) is 34.5. The molecule has 0 unspecified atom stereocenters. The van der Waals surface area contributed by atoms with Gasteiger partial charge in [-0.1, -0.05) is 110 Å². The van der Waals surface area contributed by atoms with Crippen LogP contribution in [-0.4, -0.2) is 87.1 Å². The first-order chi connectivity index (χ1) is 25.1. The maximum absolute atomic E-state index is 15.1. The molecule has 0 radical (unpaired) electrons. The van der Waals surface area contributed by atoms with Crippen molar-refractivity contribution in [3.8, 4) is 0 Å². The Morgan fingerprint density at radius 3 is 1.42 bits per heavy atom. The van der Waals surface area contributed by atoms with Gasteiger partial charge in [0, 0.05) is 70.9 Å². The van der Waals surface area contributed by atoms with Gasteiger partial charge in [-0.05, 0) is 74.9 Å². The van der Waals surface area contributed by atoms with Crippen LogP contribution in [0.1, 0.15) is 58.4 Å². The molecular formula is C43H58N4O4S2. The molecule has 1 aliphatic heterocycles. The molecule has 0 aromatic heterocycles. The van der Waals surface area contributed by atoms with Gasteiger partial charge in [0.05, 0.1) is 9.79 Å². The largest absolute Gasteiger partial charge is 0.297 e. The highest BCUT2D eigenvalue weighted by Crippen LogP contribution is 2.32. The highest BCUT2D eigenvalue weighted by molar-refractivity contribution is 7.89. The second-order valence-corrected chi connectivity index (χ2v) is 18.6. The lowest BCUT2D eigenvalue weighted by molar-refractivity contribution is 0.0703. The van der Waals surface area contributed by atoms with Crippen LogP contribution in [0, 0.1) is 47.5 Å². The number of likely N-dealkylation sites (N-methyl/N-ethyl adjacent to an activating group) is 1. The molecule has 8 nitrogen and oxygen atoms in total. The van der Waals surface area contributed by atoms with Crippen LogP contribution in [0.3, 0.4) is 0 Å². The molecule has 0 aliphatic carbocycles. The average molecular weight is 759 g/mol. The molecule has 1 heterocycles. The van der Waals surface area contributed by atoms with E-state index in [1.54, 1.807) is 8.61 Å². The number of hydrogen-bond acceptors (Lipinski definition) is 6. The maximum Gasteiger partial charge on any atom is 0.243 e. The quantitative estimate of drug-likeness (QED) is 0.143. The Bertz CT molecular complexity index is 2030. The Morgan fingerprint density at radius 2 is 1.00 bits per heavy atom. The molecule has 1 saturated heterocycles. The van der Waals surface area contributed by atoms with Crippen LogP contribution < -0.4 is 0 Å². The fourth-order valence-electron chi connectivity index (χ4n) is 8.44. The summed E-state index contributed by atoms with van der Waals surface area (Å²) in [4.78, 5) is 5.42. The minimum absolute atomic E-state index is 0.179. The van der Waals surface area contributed by atoms with Crippen molar-refractivity contribution < 1.29 is 16.8 Å². The van der Waals surface area contributed by atoms with Gasteiger partial charge < -0.3 is 0 Å². The number of aryl methyl sites for hydroxylation is 6. The number of sulfonamides is 2. The molecule has 0 spiro atoms. The zero-order valence-electron chi connectivity index (χ0n) is 32.8. The molecule has 0 bridgehead atoms. The van der Waals surface area contributed by atoms with E-state index in [0.29, 0.717) is 36.0 Å². The summed E-state index contributed by atoms with van der Waals surface area (Å²) in [5.41, 5.74) is 7.23. The van der Waals surface area contributed by atoms with Gasteiger partial charge in [-0.25, -0.2) is 16.8 Å².